The second-order valence-electron chi connectivity index (χ2n) is 5.87. The first kappa shape index (κ1) is 16.2. The number of carbonyl (C=O) groups excluding carboxylic acids is 1. The lowest BCUT2D eigenvalue weighted by atomic mass is 10.2. The summed E-state index contributed by atoms with van der Waals surface area (Å²) in [5, 5.41) is 11.1. The van der Waals surface area contributed by atoms with E-state index in [2.05, 4.69) is 20.5 Å². The quantitative estimate of drug-likeness (QED) is 0.485. The Morgan fingerprint density at radius 3 is 2.92 bits per heavy atom. The molecule has 0 radical (unpaired) electrons. The number of hydrogen-bond donors (Lipinski definition) is 3. The summed E-state index contributed by atoms with van der Waals surface area (Å²) in [5.41, 5.74) is 1.91. The molecule has 2 aromatic carbocycles. The van der Waals surface area contributed by atoms with Crippen molar-refractivity contribution in [2.45, 2.75) is 13.0 Å². The number of nitrogens with one attached hydrogen (secondary N) is 3. The van der Waals surface area contributed by atoms with Crippen LogP contribution in [0.25, 0.3) is 21.8 Å². The molecule has 3 N–H and O–H groups in total. The molecule has 0 unspecified atom stereocenters. The second kappa shape index (κ2) is 6.57. The van der Waals surface area contributed by atoms with E-state index >= 15 is 0 Å². The van der Waals surface area contributed by atoms with Crippen LogP contribution < -0.4 is 10.9 Å². The molecule has 1 amide bonds. The SMILES string of the molecule is O=C(CCn1c(=S)[nH]c2ccccc2c1=O)Nc1cccc2cn[nH]c12. The number of carbonyl (C=O) groups is 1. The van der Waals surface area contributed by atoms with Crippen LogP contribution in [-0.2, 0) is 11.3 Å². The molecule has 4 aromatic rings. The number of H-pyrrole nitrogens is 2. The third-order valence-corrected chi connectivity index (χ3v) is 4.53. The molecule has 0 atom stereocenters. The summed E-state index contributed by atoms with van der Waals surface area (Å²) in [6.07, 6.45) is 1.82. The van der Waals surface area contributed by atoms with Gasteiger partial charge in [-0.2, -0.15) is 5.10 Å². The minimum absolute atomic E-state index is 0.125. The molecule has 8 heteroatoms. The van der Waals surface area contributed by atoms with Crippen LogP contribution in [0.4, 0.5) is 5.69 Å². The van der Waals surface area contributed by atoms with Crippen molar-refractivity contribution in [3.8, 4) is 0 Å². The molecule has 0 saturated heterocycles. The summed E-state index contributed by atoms with van der Waals surface area (Å²) < 4.78 is 1.71. The monoisotopic (exact) mass is 365 g/mol. The topological polar surface area (TPSA) is 95.6 Å². The van der Waals surface area contributed by atoms with E-state index in [1.807, 2.05) is 18.2 Å². The largest absolute Gasteiger partial charge is 0.332 e. The third kappa shape index (κ3) is 2.91. The zero-order valence-electron chi connectivity index (χ0n) is 13.7. The lowest BCUT2D eigenvalue weighted by Crippen LogP contribution is -2.25. The predicted molar refractivity (Wildman–Crippen MR) is 103 cm³/mol. The molecule has 130 valence electrons. The minimum Gasteiger partial charge on any atom is -0.332 e. The average molecular weight is 365 g/mol. The molecule has 26 heavy (non-hydrogen) atoms. The molecule has 0 spiro atoms. The van der Waals surface area contributed by atoms with Gasteiger partial charge in [0, 0.05) is 18.4 Å². The molecule has 7 nitrogen and oxygen atoms in total. The van der Waals surface area contributed by atoms with Gasteiger partial charge in [-0.25, -0.2) is 0 Å². The molecular formula is C18H15N5O2S. The summed E-state index contributed by atoms with van der Waals surface area (Å²) in [4.78, 5) is 28.0. The highest BCUT2D eigenvalue weighted by atomic mass is 32.1. The van der Waals surface area contributed by atoms with Crippen LogP contribution in [0, 0.1) is 4.77 Å². The number of para-hydroxylation sites is 2. The Kier molecular flexibility index (Phi) is 4.10. The number of benzene rings is 2. The normalized spacial score (nSPS) is 11.1. The zero-order valence-corrected chi connectivity index (χ0v) is 14.5. The fourth-order valence-electron chi connectivity index (χ4n) is 2.90. The number of fused-ring (bicyclic) bond motifs is 2. The van der Waals surface area contributed by atoms with Gasteiger partial charge >= 0.3 is 0 Å². The molecule has 0 aliphatic rings. The minimum atomic E-state index is -0.207. The van der Waals surface area contributed by atoms with Crippen molar-refractivity contribution in [2.24, 2.45) is 0 Å². The lowest BCUT2D eigenvalue weighted by molar-refractivity contribution is -0.116. The van der Waals surface area contributed by atoms with E-state index in [1.54, 1.807) is 30.5 Å². The van der Waals surface area contributed by atoms with Gasteiger partial charge in [0.15, 0.2) is 4.77 Å². The molecular weight excluding hydrogens is 350 g/mol. The van der Waals surface area contributed by atoms with E-state index in [9.17, 15) is 9.59 Å². The highest BCUT2D eigenvalue weighted by Crippen LogP contribution is 2.20. The van der Waals surface area contributed by atoms with E-state index < -0.39 is 0 Å². The highest BCUT2D eigenvalue weighted by Gasteiger charge is 2.10. The standard InChI is InChI=1S/C18H15N5O2S/c24-15(20-14-7-3-4-11-10-19-22-16(11)14)8-9-23-17(25)12-5-1-2-6-13(12)21-18(23)26/h1-7,10H,8-9H2,(H,19,22)(H,20,24)(H,21,26). The smallest absolute Gasteiger partial charge is 0.262 e. The van der Waals surface area contributed by atoms with Crippen LogP contribution in [0.2, 0.25) is 0 Å². The highest BCUT2D eigenvalue weighted by molar-refractivity contribution is 7.71. The van der Waals surface area contributed by atoms with Crippen molar-refractivity contribution in [3.63, 3.8) is 0 Å². The Morgan fingerprint density at radius 2 is 2.04 bits per heavy atom. The molecule has 2 heterocycles. The average Bonchev–Trinajstić information content (AvgIpc) is 3.11. The number of aromatic nitrogens is 4. The first-order valence-corrected chi connectivity index (χ1v) is 8.48. The summed E-state index contributed by atoms with van der Waals surface area (Å²) in [5.74, 6) is -0.207. The number of amides is 1. The second-order valence-corrected chi connectivity index (χ2v) is 6.26. The number of anilines is 1. The van der Waals surface area contributed by atoms with Crippen molar-refractivity contribution in [1.29, 1.82) is 0 Å². The fourth-order valence-corrected chi connectivity index (χ4v) is 3.19. The van der Waals surface area contributed by atoms with Crippen molar-refractivity contribution in [2.75, 3.05) is 5.32 Å². The third-order valence-electron chi connectivity index (χ3n) is 4.20. The Morgan fingerprint density at radius 1 is 1.19 bits per heavy atom. The van der Waals surface area contributed by atoms with Gasteiger partial charge in [-0.1, -0.05) is 24.3 Å². The van der Waals surface area contributed by atoms with Crippen LogP contribution in [0.3, 0.4) is 0 Å². The van der Waals surface area contributed by atoms with Gasteiger partial charge in [-0.15, -0.1) is 0 Å². The van der Waals surface area contributed by atoms with E-state index in [0.29, 0.717) is 21.4 Å². The number of aromatic amines is 2. The molecule has 0 bridgehead atoms. The van der Waals surface area contributed by atoms with Gasteiger partial charge in [0.05, 0.1) is 28.3 Å². The van der Waals surface area contributed by atoms with Gasteiger partial charge in [-0.3, -0.25) is 19.3 Å². The first-order valence-electron chi connectivity index (χ1n) is 8.07. The maximum Gasteiger partial charge on any atom is 0.262 e. The fraction of sp³-hybridized carbons (Fsp3) is 0.111. The van der Waals surface area contributed by atoms with Crippen LogP contribution in [-0.4, -0.2) is 25.7 Å². The zero-order chi connectivity index (χ0) is 18.1. The summed E-state index contributed by atoms with van der Waals surface area (Å²) in [6.45, 7) is 0.198. The van der Waals surface area contributed by atoms with Crippen LogP contribution in [0.15, 0.2) is 53.5 Å². The summed E-state index contributed by atoms with van der Waals surface area (Å²) >= 11 is 5.26. The molecule has 0 aliphatic carbocycles. The Bertz CT molecular complexity index is 1240. The Labute approximate surface area is 152 Å². The van der Waals surface area contributed by atoms with Crippen molar-refractivity contribution in [3.05, 3.63) is 63.8 Å². The number of nitrogens with zero attached hydrogens (tertiary/aromatic N) is 2. The molecule has 0 aliphatic heterocycles. The maximum absolute atomic E-state index is 12.6. The van der Waals surface area contributed by atoms with Crippen LogP contribution in [0.1, 0.15) is 6.42 Å². The van der Waals surface area contributed by atoms with Gasteiger partial charge in [0.25, 0.3) is 5.56 Å². The molecule has 0 fully saturated rings. The summed E-state index contributed by atoms with van der Waals surface area (Å²) in [6, 6.07) is 12.7. The molecule has 2 aromatic heterocycles. The van der Waals surface area contributed by atoms with E-state index in [1.165, 1.54) is 4.57 Å². The molecule has 0 saturated carbocycles. The predicted octanol–water partition coefficient (Wildman–Crippen LogP) is 2.96. The maximum atomic E-state index is 12.6. The van der Waals surface area contributed by atoms with Gasteiger partial charge in [-0.05, 0) is 30.4 Å². The first-order chi connectivity index (χ1) is 12.6. The summed E-state index contributed by atoms with van der Waals surface area (Å²) in [7, 11) is 0. The van der Waals surface area contributed by atoms with E-state index in [4.69, 9.17) is 12.2 Å². The van der Waals surface area contributed by atoms with Crippen LogP contribution in [0.5, 0.6) is 0 Å². The molecule has 4 rings (SSSR count). The van der Waals surface area contributed by atoms with Gasteiger partial charge in [0.1, 0.15) is 0 Å². The number of rotatable bonds is 4. The van der Waals surface area contributed by atoms with E-state index in [0.717, 1.165) is 10.9 Å². The van der Waals surface area contributed by atoms with Crippen LogP contribution >= 0.6 is 12.2 Å². The Balaban J connectivity index is 1.55. The van der Waals surface area contributed by atoms with E-state index in [-0.39, 0.29) is 24.4 Å². The van der Waals surface area contributed by atoms with Crippen molar-refractivity contribution in [1.82, 2.24) is 19.7 Å². The van der Waals surface area contributed by atoms with Crippen molar-refractivity contribution < 1.29 is 4.79 Å². The van der Waals surface area contributed by atoms with Gasteiger partial charge in [0.2, 0.25) is 5.91 Å². The lowest BCUT2D eigenvalue weighted by Gasteiger charge is -2.09. The number of hydrogen-bond acceptors (Lipinski definition) is 4. The van der Waals surface area contributed by atoms with Crippen molar-refractivity contribution >= 4 is 45.6 Å². The van der Waals surface area contributed by atoms with Gasteiger partial charge < -0.3 is 10.3 Å². The Hall–Kier alpha value is -3.26.